The fourth-order valence-corrected chi connectivity index (χ4v) is 3.95. The Labute approximate surface area is 127 Å². The standard InChI is InChI=1S/C15H29N5O/c1-14(2)8-12(9-15(3,4)11-14)20-13(17-18-19-20)10-16-6-7-21-5/h12,16H,6-11H2,1-5H3. The van der Waals surface area contributed by atoms with Crippen molar-refractivity contribution in [2.75, 3.05) is 20.3 Å². The molecular formula is C15H29N5O. The van der Waals surface area contributed by atoms with Gasteiger partial charge >= 0.3 is 0 Å². The summed E-state index contributed by atoms with van der Waals surface area (Å²) in [5.41, 5.74) is 0.665. The van der Waals surface area contributed by atoms with Crippen LogP contribution in [-0.2, 0) is 11.3 Å². The first kappa shape index (κ1) is 16.4. The minimum atomic E-state index is 0.332. The summed E-state index contributed by atoms with van der Waals surface area (Å²) in [4.78, 5) is 0. The van der Waals surface area contributed by atoms with E-state index in [0.29, 0.717) is 30.0 Å². The number of aromatic nitrogens is 4. The third-order valence-corrected chi connectivity index (χ3v) is 4.21. The Morgan fingerprint density at radius 3 is 2.52 bits per heavy atom. The van der Waals surface area contributed by atoms with Gasteiger partial charge in [-0.05, 0) is 40.5 Å². The molecule has 1 N–H and O–H groups in total. The van der Waals surface area contributed by atoms with Crippen LogP contribution >= 0.6 is 0 Å². The highest BCUT2D eigenvalue weighted by atomic mass is 16.5. The van der Waals surface area contributed by atoms with Crippen molar-refractivity contribution in [1.29, 1.82) is 0 Å². The van der Waals surface area contributed by atoms with Gasteiger partial charge in [0.1, 0.15) is 0 Å². The van der Waals surface area contributed by atoms with Crippen LogP contribution in [-0.4, -0.2) is 40.5 Å². The monoisotopic (exact) mass is 295 g/mol. The van der Waals surface area contributed by atoms with Gasteiger partial charge in [-0.25, -0.2) is 4.68 Å². The zero-order valence-corrected chi connectivity index (χ0v) is 14.0. The summed E-state index contributed by atoms with van der Waals surface area (Å²) in [5.74, 6) is 0.921. The molecule has 0 amide bonds. The van der Waals surface area contributed by atoms with Crippen molar-refractivity contribution in [3.63, 3.8) is 0 Å². The zero-order chi connectivity index (χ0) is 15.5. The van der Waals surface area contributed by atoms with Gasteiger partial charge in [0, 0.05) is 13.7 Å². The molecular weight excluding hydrogens is 266 g/mol. The lowest BCUT2D eigenvalue weighted by Crippen LogP contribution is -2.36. The number of hydrogen-bond acceptors (Lipinski definition) is 5. The lowest BCUT2D eigenvalue weighted by molar-refractivity contribution is 0.0650. The Balaban J connectivity index is 2.06. The van der Waals surface area contributed by atoms with Gasteiger partial charge in [-0.2, -0.15) is 0 Å². The molecule has 0 aliphatic heterocycles. The smallest absolute Gasteiger partial charge is 0.165 e. The molecule has 0 aromatic carbocycles. The van der Waals surface area contributed by atoms with Crippen LogP contribution in [0.25, 0.3) is 0 Å². The van der Waals surface area contributed by atoms with Gasteiger partial charge < -0.3 is 10.1 Å². The molecule has 1 aromatic heterocycles. The Morgan fingerprint density at radius 2 is 1.90 bits per heavy atom. The molecule has 1 fully saturated rings. The molecule has 1 heterocycles. The van der Waals surface area contributed by atoms with Gasteiger partial charge in [-0.15, -0.1) is 5.10 Å². The first-order chi connectivity index (χ1) is 9.83. The fraction of sp³-hybridized carbons (Fsp3) is 0.933. The normalized spacial score (nSPS) is 21.6. The van der Waals surface area contributed by atoms with Gasteiger partial charge in [-0.3, -0.25) is 0 Å². The van der Waals surface area contributed by atoms with E-state index >= 15 is 0 Å². The molecule has 120 valence electrons. The second kappa shape index (κ2) is 6.40. The molecule has 0 spiro atoms. The zero-order valence-electron chi connectivity index (χ0n) is 14.0. The van der Waals surface area contributed by atoms with Crippen LogP contribution in [0.5, 0.6) is 0 Å². The topological polar surface area (TPSA) is 64.9 Å². The molecule has 6 nitrogen and oxygen atoms in total. The summed E-state index contributed by atoms with van der Waals surface area (Å²) >= 11 is 0. The van der Waals surface area contributed by atoms with Crippen molar-refractivity contribution in [3.8, 4) is 0 Å². The van der Waals surface area contributed by atoms with Crippen LogP contribution < -0.4 is 5.32 Å². The van der Waals surface area contributed by atoms with Crippen LogP contribution in [0.15, 0.2) is 0 Å². The molecule has 1 aromatic rings. The molecule has 0 atom stereocenters. The average Bonchev–Trinajstić information content (AvgIpc) is 2.79. The number of methoxy groups -OCH3 is 1. The van der Waals surface area contributed by atoms with Crippen molar-refractivity contribution in [2.24, 2.45) is 10.8 Å². The molecule has 0 radical (unpaired) electrons. The number of tetrazole rings is 1. The number of ether oxygens (including phenoxy) is 1. The van der Waals surface area contributed by atoms with Gasteiger partial charge in [0.15, 0.2) is 5.82 Å². The highest BCUT2D eigenvalue weighted by molar-refractivity contribution is 4.94. The number of rotatable bonds is 6. The van der Waals surface area contributed by atoms with Gasteiger partial charge in [0.25, 0.3) is 0 Å². The van der Waals surface area contributed by atoms with Crippen molar-refractivity contribution in [1.82, 2.24) is 25.5 Å². The van der Waals surface area contributed by atoms with Crippen LogP contribution in [0.3, 0.4) is 0 Å². The largest absolute Gasteiger partial charge is 0.383 e. The number of nitrogens with zero attached hydrogens (tertiary/aromatic N) is 4. The quantitative estimate of drug-likeness (QED) is 0.815. The van der Waals surface area contributed by atoms with E-state index < -0.39 is 0 Å². The van der Waals surface area contributed by atoms with E-state index in [4.69, 9.17) is 4.74 Å². The molecule has 1 saturated carbocycles. The summed E-state index contributed by atoms with van der Waals surface area (Å²) in [5, 5.41) is 15.6. The van der Waals surface area contributed by atoms with Crippen LogP contribution in [0.2, 0.25) is 0 Å². The Bertz CT molecular complexity index is 439. The summed E-state index contributed by atoms with van der Waals surface area (Å²) in [7, 11) is 1.71. The van der Waals surface area contributed by atoms with E-state index in [1.807, 2.05) is 4.68 Å². The van der Waals surface area contributed by atoms with Gasteiger partial charge in [-0.1, -0.05) is 27.7 Å². The third-order valence-electron chi connectivity index (χ3n) is 4.21. The lowest BCUT2D eigenvalue weighted by atomic mass is 9.63. The SMILES string of the molecule is COCCNCc1nnnn1C1CC(C)(C)CC(C)(C)C1. The van der Waals surface area contributed by atoms with Crippen molar-refractivity contribution in [3.05, 3.63) is 5.82 Å². The third kappa shape index (κ3) is 4.48. The second-order valence-electron chi connectivity index (χ2n) is 7.78. The van der Waals surface area contributed by atoms with Crippen molar-refractivity contribution in [2.45, 2.75) is 59.5 Å². The molecule has 0 saturated heterocycles. The minimum absolute atomic E-state index is 0.332. The van der Waals surface area contributed by atoms with Crippen LogP contribution in [0.1, 0.15) is 58.8 Å². The molecule has 2 rings (SSSR count). The molecule has 0 unspecified atom stereocenters. The highest BCUT2D eigenvalue weighted by Crippen LogP contribution is 2.49. The van der Waals surface area contributed by atoms with Crippen molar-refractivity contribution < 1.29 is 4.74 Å². The lowest BCUT2D eigenvalue weighted by Gasteiger charge is -2.44. The van der Waals surface area contributed by atoms with Crippen LogP contribution in [0, 0.1) is 10.8 Å². The maximum absolute atomic E-state index is 5.04. The van der Waals surface area contributed by atoms with E-state index in [9.17, 15) is 0 Å². The highest BCUT2D eigenvalue weighted by Gasteiger charge is 2.40. The van der Waals surface area contributed by atoms with Crippen molar-refractivity contribution >= 4 is 0 Å². The van der Waals surface area contributed by atoms with Gasteiger partial charge in [0.05, 0.1) is 19.2 Å². The van der Waals surface area contributed by atoms with E-state index in [0.717, 1.165) is 25.2 Å². The summed E-state index contributed by atoms with van der Waals surface area (Å²) in [6.07, 6.45) is 3.51. The van der Waals surface area contributed by atoms with E-state index in [2.05, 4.69) is 48.5 Å². The fourth-order valence-electron chi connectivity index (χ4n) is 3.95. The maximum atomic E-state index is 5.04. The Hall–Kier alpha value is -1.01. The molecule has 1 aliphatic carbocycles. The second-order valence-corrected chi connectivity index (χ2v) is 7.78. The van der Waals surface area contributed by atoms with E-state index in [1.165, 1.54) is 6.42 Å². The predicted molar refractivity (Wildman–Crippen MR) is 81.8 cm³/mol. The Kier molecular flexibility index (Phi) is 4.99. The average molecular weight is 295 g/mol. The molecule has 21 heavy (non-hydrogen) atoms. The molecule has 0 bridgehead atoms. The molecule has 1 aliphatic rings. The van der Waals surface area contributed by atoms with Crippen LogP contribution in [0.4, 0.5) is 0 Å². The predicted octanol–water partition coefficient (Wildman–Crippen LogP) is 2.19. The minimum Gasteiger partial charge on any atom is -0.383 e. The van der Waals surface area contributed by atoms with E-state index in [-0.39, 0.29) is 0 Å². The Morgan fingerprint density at radius 1 is 1.24 bits per heavy atom. The summed E-state index contributed by atoms with van der Waals surface area (Å²) in [6.45, 7) is 11.6. The molecule has 6 heteroatoms. The first-order valence-corrected chi connectivity index (χ1v) is 7.79. The summed E-state index contributed by atoms with van der Waals surface area (Å²) < 4.78 is 7.07. The van der Waals surface area contributed by atoms with E-state index in [1.54, 1.807) is 7.11 Å². The maximum Gasteiger partial charge on any atom is 0.165 e. The van der Waals surface area contributed by atoms with Gasteiger partial charge in [0.2, 0.25) is 0 Å². The summed E-state index contributed by atoms with van der Waals surface area (Å²) in [6, 6.07) is 0.387. The first-order valence-electron chi connectivity index (χ1n) is 7.79. The number of hydrogen-bond donors (Lipinski definition) is 1. The number of nitrogens with one attached hydrogen (secondary N) is 1.